The fourth-order valence-electron chi connectivity index (χ4n) is 7.30. The third kappa shape index (κ3) is 5.03. The first-order valence-electron chi connectivity index (χ1n) is 16.8. The second-order valence-corrected chi connectivity index (χ2v) is 13.3. The summed E-state index contributed by atoms with van der Waals surface area (Å²) in [5.41, 5.74) is 13.1. The van der Waals surface area contributed by atoms with E-state index in [1.54, 1.807) is 0 Å². The lowest BCUT2D eigenvalue weighted by molar-refractivity contribution is 0.661. The fourth-order valence-corrected chi connectivity index (χ4v) is 7.30. The molecule has 0 aliphatic heterocycles. The third-order valence-electron chi connectivity index (χ3n) is 9.94. The van der Waals surface area contributed by atoms with E-state index in [0.717, 1.165) is 22.3 Å². The van der Waals surface area contributed by atoms with Gasteiger partial charge in [0.15, 0.2) is 17.5 Å². The molecule has 1 aliphatic rings. The number of aromatic nitrogens is 3. The van der Waals surface area contributed by atoms with Crippen molar-refractivity contribution in [1.29, 1.82) is 0 Å². The first-order chi connectivity index (χ1) is 24.0. The first kappa shape index (κ1) is 29.0. The summed E-state index contributed by atoms with van der Waals surface area (Å²) in [6.45, 7) is 4.70. The van der Waals surface area contributed by atoms with Gasteiger partial charge in [0.1, 0.15) is 0 Å². The average Bonchev–Trinajstić information content (AvgIpc) is 3.39. The van der Waals surface area contributed by atoms with Crippen molar-refractivity contribution in [2.24, 2.45) is 0 Å². The van der Waals surface area contributed by atoms with Gasteiger partial charge in [0.25, 0.3) is 0 Å². The van der Waals surface area contributed by atoms with E-state index in [1.165, 1.54) is 49.7 Å². The second-order valence-electron chi connectivity index (χ2n) is 13.3. The maximum atomic E-state index is 4.90. The molecule has 0 unspecified atom stereocenters. The topological polar surface area (TPSA) is 38.7 Å². The molecule has 0 N–H and O–H groups in total. The van der Waals surface area contributed by atoms with Crippen molar-refractivity contribution in [1.82, 2.24) is 15.0 Å². The Hall–Kier alpha value is -6.19. The molecule has 49 heavy (non-hydrogen) atoms. The molecule has 9 rings (SSSR count). The zero-order chi connectivity index (χ0) is 33.0. The van der Waals surface area contributed by atoms with Crippen LogP contribution in [0.4, 0.5) is 0 Å². The molecule has 8 aromatic rings. The van der Waals surface area contributed by atoms with Crippen LogP contribution in [0.3, 0.4) is 0 Å². The van der Waals surface area contributed by atoms with Gasteiger partial charge in [-0.05, 0) is 67.4 Å². The van der Waals surface area contributed by atoms with Gasteiger partial charge in [0.2, 0.25) is 0 Å². The molecule has 0 amide bonds. The number of hydrogen-bond donors (Lipinski definition) is 0. The van der Waals surface area contributed by atoms with Crippen LogP contribution in [0.25, 0.3) is 78.3 Å². The quantitative estimate of drug-likeness (QED) is 0.191. The summed E-state index contributed by atoms with van der Waals surface area (Å²) < 4.78 is 0. The van der Waals surface area contributed by atoms with Gasteiger partial charge in [-0.15, -0.1) is 0 Å². The predicted molar refractivity (Wildman–Crippen MR) is 202 cm³/mol. The van der Waals surface area contributed by atoms with Crippen LogP contribution in [0.2, 0.25) is 0 Å². The molecule has 0 spiro atoms. The molecule has 0 radical (unpaired) electrons. The number of nitrogens with zero attached hydrogens (tertiary/aromatic N) is 3. The Bertz CT molecular complexity index is 2420. The van der Waals surface area contributed by atoms with E-state index in [4.69, 9.17) is 15.0 Å². The maximum Gasteiger partial charge on any atom is 0.164 e. The summed E-state index contributed by atoms with van der Waals surface area (Å²) in [4.78, 5) is 14.6. The maximum absolute atomic E-state index is 4.90. The largest absolute Gasteiger partial charge is 0.208 e. The van der Waals surface area contributed by atoms with Crippen LogP contribution in [0, 0.1) is 0 Å². The van der Waals surface area contributed by atoms with Gasteiger partial charge >= 0.3 is 0 Å². The summed E-state index contributed by atoms with van der Waals surface area (Å²) in [5.74, 6) is 1.98. The monoisotopic (exact) mass is 627 g/mol. The van der Waals surface area contributed by atoms with Crippen LogP contribution >= 0.6 is 0 Å². The number of benzene rings is 7. The lowest BCUT2D eigenvalue weighted by atomic mass is 9.81. The van der Waals surface area contributed by atoms with Gasteiger partial charge in [-0.25, -0.2) is 15.0 Å². The predicted octanol–water partition coefficient (Wildman–Crippen LogP) is 11.7. The molecule has 0 saturated carbocycles. The van der Waals surface area contributed by atoms with E-state index in [0.29, 0.717) is 17.5 Å². The molecule has 0 saturated heterocycles. The Morgan fingerprint density at radius 3 is 1.35 bits per heavy atom. The van der Waals surface area contributed by atoms with Crippen LogP contribution in [-0.4, -0.2) is 15.0 Å². The molecule has 0 atom stereocenters. The van der Waals surface area contributed by atoms with Crippen molar-refractivity contribution in [3.63, 3.8) is 0 Å². The van der Waals surface area contributed by atoms with E-state index >= 15 is 0 Å². The number of rotatable bonds is 5. The van der Waals surface area contributed by atoms with Gasteiger partial charge in [-0.2, -0.15) is 0 Å². The molecule has 0 bridgehead atoms. The molecule has 1 aromatic heterocycles. The minimum Gasteiger partial charge on any atom is -0.208 e. The lowest BCUT2D eigenvalue weighted by Gasteiger charge is -2.22. The highest BCUT2D eigenvalue weighted by Crippen LogP contribution is 2.53. The van der Waals surface area contributed by atoms with Crippen LogP contribution in [-0.2, 0) is 5.41 Å². The average molecular weight is 628 g/mol. The van der Waals surface area contributed by atoms with Gasteiger partial charge in [0.05, 0.1) is 0 Å². The number of fused-ring (bicyclic) bond motifs is 4. The molecule has 232 valence electrons. The van der Waals surface area contributed by atoms with Crippen LogP contribution in [0.15, 0.2) is 164 Å². The van der Waals surface area contributed by atoms with Gasteiger partial charge < -0.3 is 0 Å². The number of hydrogen-bond acceptors (Lipinski definition) is 3. The Balaban J connectivity index is 1.06. The SMILES string of the molecule is CC1(C)c2cc3ccccc3cc2-c2c(-c3ccc(-c4ccc(-c5nc(-c6ccccc6)nc(-c6ccccc6)n5)cc4)cc3)cccc21. The normalized spacial score (nSPS) is 12.9. The molecule has 3 heteroatoms. The minimum absolute atomic E-state index is 0.0609. The summed E-state index contributed by atoms with van der Waals surface area (Å²) in [6.07, 6.45) is 0. The van der Waals surface area contributed by atoms with Crippen molar-refractivity contribution < 1.29 is 0 Å². The second kappa shape index (κ2) is 11.5. The first-order valence-corrected chi connectivity index (χ1v) is 16.8. The zero-order valence-electron chi connectivity index (χ0n) is 27.4. The molecule has 1 heterocycles. The Labute approximate surface area is 286 Å². The molecule has 0 fully saturated rings. The Kier molecular flexibility index (Phi) is 6.80. The lowest BCUT2D eigenvalue weighted by Crippen LogP contribution is -2.14. The summed E-state index contributed by atoms with van der Waals surface area (Å²) >= 11 is 0. The van der Waals surface area contributed by atoms with Crippen molar-refractivity contribution in [2.75, 3.05) is 0 Å². The van der Waals surface area contributed by atoms with Crippen LogP contribution in [0.1, 0.15) is 25.0 Å². The third-order valence-corrected chi connectivity index (χ3v) is 9.94. The molecular formula is C46H33N3. The highest BCUT2D eigenvalue weighted by Gasteiger charge is 2.37. The van der Waals surface area contributed by atoms with Crippen LogP contribution in [0.5, 0.6) is 0 Å². The molecular weight excluding hydrogens is 595 g/mol. The molecule has 1 aliphatic carbocycles. The summed E-state index contributed by atoms with van der Waals surface area (Å²) in [7, 11) is 0. The minimum atomic E-state index is -0.0609. The van der Waals surface area contributed by atoms with E-state index in [1.807, 2.05) is 60.7 Å². The standard InChI is InChI=1S/C46H33N3/c1-46(2)40-19-11-18-38(42(40)39-28-36-16-9-10-17-37(36)29-41(39)46)32-24-20-30(21-25-32)31-22-26-35(27-23-31)45-48-43(33-12-5-3-6-13-33)47-44(49-45)34-14-7-4-8-15-34/h3-29H,1-2H3. The van der Waals surface area contributed by atoms with Gasteiger partial charge in [-0.1, -0.05) is 166 Å². The van der Waals surface area contributed by atoms with E-state index in [9.17, 15) is 0 Å². The van der Waals surface area contributed by atoms with Crippen molar-refractivity contribution in [3.05, 3.63) is 175 Å². The molecule has 3 nitrogen and oxygen atoms in total. The van der Waals surface area contributed by atoms with Crippen molar-refractivity contribution in [3.8, 4) is 67.5 Å². The Morgan fingerprint density at radius 1 is 0.347 bits per heavy atom. The van der Waals surface area contributed by atoms with E-state index < -0.39 is 0 Å². The highest BCUT2D eigenvalue weighted by molar-refractivity contribution is 5.98. The molecule has 7 aromatic carbocycles. The van der Waals surface area contributed by atoms with Crippen LogP contribution < -0.4 is 0 Å². The van der Waals surface area contributed by atoms with E-state index in [2.05, 4.69) is 117 Å². The van der Waals surface area contributed by atoms with Gasteiger partial charge in [0, 0.05) is 22.1 Å². The van der Waals surface area contributed by atoms with Crippen molar-refractivity contribution >= 4 is 10.8 Å². The summed E-state index contributed by atoms with van der Waals surface area (Å²) in [5, 5.41) is 2.58. The van der Waals surface area contributed by atoms with Crippen molar-refractivity contribution in [2.45, 2.75) is 19.3 Å². The summed E-state index contributed by atoms with van der Waals surface area (Å²) in [6, 6.07) is 57.9. The Morgan fingerprint density at radius 2 is 0.796 bits per heavy atom. The zero-order valence-corrected chi connectivity index (χ0v) is 27.4. The van der Waals surface area contributed by atoms with Gasteiger partial charge in [-0.3, -0.25) is 0 Å². The smallest absolute Gasteiger partial charge is 0.164 e. The van der Waals surface area contributed by atoms with E-state index in [-0.39, 0.29) is 5.41 Å². The fraction of sp³-hybridized carbons (Fsp3) is 0.0652. The highest BCUT2D eigenvalue weighted by atomic mass is 15.0.